The van der Waals surface area contributed by atoms with Crippen molar-refractivity contribution >= 4 is 5.97 Å². The van der Waals surface area contributed by atoms with Crippen LogP contribution in [0.25, 0.3) is 11.1 Å². The van der Waals surface area contributed by atoms with Gasteiger partial charge in [0.05, 0.1) is 24.4 Å². The average molecular weight is 536 g/mol. The highest BCUT2D eigenvalue weighted by Crippen LogP contribution is 2.34. The molecule has 210 valence electrons. The number of carbonyl (C=O) groups is 1. The minimum Gasteiger partial charge on any atom is -0.478 e. The topological polar surface area (TPSA) is 78.8 Å². The molecule has 5 nitrogen and oxygen atoms in total. The number of halogens is 1. The molecule has 0 saturated carbocycles. The Bertz CT molecular complexity index is 1270. The Morgan fingerprint density at radius 3 is 2.44 bits per heavy atom. The van der Waals surface area contributed by atoms with Crippen LogP contribution in [0.5, 0.6) is 0 Å². The van der Waals surface area contributed by atoms with Gasteiger partial charge in [-0.3, -0.25) is 0 Å². The second-order valence-electron chi connectivity index (χ2n) is 11.2. The van der Waals surface area contributed by atoms with E-state index >= 15 is 0 Å². The fourth-order valence-corrected chi connectivity index (χ4v) is 4.78. The lowest BCUT2D eigenvalue weighted by Crippen LogP contribution is -2.46. The summed E-state index contributed by atoms with van der Waals surface area (Å²) in [4.78, 5) is 11.8. The van der Waals surface area contributed by atoms with Gasteiger partial charge in [0, 0.05) is 12.1 Å². The monoisotopic (exact) mass is 535 g/mol. The average Bonchev–Trinajstić information content (AvgIpc) is 2.91. The fraction of sp³-hybridized carbons (Fsp3) is 0.424. The van der Waals surface area contributed by atoms with Gasteiger partial charge < -0.3 is 20.3 Å². The number of aryl methyl sites for hydroxylation is 1. The SMILES string of the molecule is CCC(C)c1cc(-c2ccccc2C(C)OC[C@@H](O)CNC(C)(C)Cc2ccc(C)c(F)c2)ccc1C(=O)O. The third-order valence-corrected chi connectivity index (χ3v) is 7.37. The van der Waals surface area contributed by atoms with Gasteiger partial charge in [-0.05, 0) is 92.0 Å². The van der Waals surface area contributed by atoms with Gasteiger partial charge in [-0.1, -0.05) is 62.4 Å². The second-order valence-corrected chi connectivity index (χ2v) is 11.2. The maximum absolute atomic E-state index is 13.9. The van der Waals surface area contributed by atoms with Crippen molar-refractivity contribution in [3.63, 3.8) is 0 Å². The van der Waals surface area contributed by atoms with Crippen molar-refractivity contribution in [3.8, 4) is 11.1 Å². The Morgan fingerprint density at radius 2 is 1.77 bits per heavy atom. The van der Waals surface area contributed by atoms with Crippen LogP contribution in [0.4, 0.5) is 4.39 Å². The Balaban J connectivity index is 1.65. The van der Waals surface area contributed by atoms with Gasteiger partial charge in [-0.2, -0.15) is 0 Å². The van der Waals surface area contributed by atoms with Crippen molar-refractivity contribution in [2.24, 2.45) is 0 Å². The number of ether oxygens (including phenoxy) is 1. The molecule has 3 rings (SSSR count). The van der Waals surface area contributed by atoms with Crippen molar-refractivity contribution in [2.45, 2.75) is 78.0 Å². The minimum atomic E-state index is -0.918. The first-order chi connectivity index (χ1) is 18.4. The summed E-state index contributed by atoms with van der Waals surface area (Å²) in [6.45, 7) is 12.3. The molecule has 0 heterocycles. The molecule has 0 fully saturated rings. The van der Waals surface area contributed by atoms with Crippen LogP contribution in [-0.2, 0) is 11.2 Å². The molecule has 0 aliphatic heterocycles. The smallest absolute Gasteiger partial charge is 0.335 e. The summed E-state index contributed by atoms with van der Waals surface area (Å²) >= 11 is 0. The molecule has 0 aliphatic carbocycles. The van der Waals surface area contributed by atoms with E-state index in [-0.39, 0.29) is 30.0 Å². The van der Waals surface area contributed by atoms with E-state index in [1.165, 1.54) is 0 Å². The molecule has 3 aromatic carbocycles. The molecule has 0 amide bonds. The van der Waals surface area contributed by atoms with Crippen LogP contribution in [0.3, 0.4) is 0 Å². The number of carboxylic acids is 1. The van der Waals surface area contributed by atoms with E-state index in [9.17, 15) is 19.4 Å². The lowest BCUT2D eigenvalue weighted by Gasteiger charge is -2.28. The molecule has 0 aromatic heterocycles. The zero-order valence-electron chi connectivity index (χ0n) is 23.9. The number of hydrogen-bond acceptors (Lipinski definition) is 4. The molecule has 2 unspecified atom stereocenters. The van der Waals surface area contributed by atoms with Crippen molar-refractivity contribution in [1.82, 2.24) is 5.32 Å². The van der Waals surface area contributed by atoms with Gasteiger partial charge >= 0.3 is 5.97 Å². The normalized spacial score (nSPS) is 14.2. The minimum absolute atomic E-state index is 0.119. The molecule has 0 bridgehead atoms. The zero-order chi connectivity index (χ0) is 28.7. The first-order valence-electron chi connectivity index (χ1n) is 13.7. The van der Waals surface area contributed by atoms with Gasteiger partial charge in [-0.15, -0.1) is 0 Å². The molecule has 3 N–H and O–H groups in total. The number of β-amino-alcohol motifs (C(OH)–C–C–N with tert-alkyl or cyclic N) is 1. The second kappa shape index (κ2) is 13.3. The zero-order valence-corrected chi connectivity index (χ0v) is 23.9. The number of hydrogen-bond donors (Lipinski definition) is 3. The maximum Gasteiger partial charge on any atom is 0.335 e. The highest BCUT2D eigenvalue weighted by molar-refractivity contribution is 5.90. The predicted octanol–water partition coefficient (Wildman–Crippen LogP) is 7.06. The van der Waals surface area contributed by atoms with Crippen LogP contribution in [-0.4, -0.2) is 41.0 Å². The Hall–Kier alpha value is -3.06. The van der Waals surface area contributed by atoms with Crippen LogP contribution in [0, 0.1) is 12.7 Å². The van der Waals surface area contributed by atoms with Crippen LogP contribution in [0.2, 0.25) is 0 Å². The molecule has 0 aliphatic rings. The number of benzene rings is 3. The fourth-order valence-electron chi connectivity index (χ4n) is 4.78. The lowest BCUT2D eigenvalue weighted by atomic mass is 9.88. The first kappa shape index (κ1) is 30.5. The number of rotatable bonds is 13. The number of aliphatic hydroxyl groups is 1. The molecule has 0 saturated heterocycles. The van der Waals surface area contributed by atoms with Gasteiger partial charge in [0.1, 0.15) is 5.82 Å². The third kappa shape index (κ3) is 8.21. The molecule has 6 heteroatoms. The number of carboxylic acid groups (broad SMARTS) is 1. The predicted molar refractivity (Wildman–Crippen MR) is 155 cm³/mol. The van der Waals surface area contributed by atoms with Crippen molar-refractivity contribution in [1.29, 1.82) is 0 Å². The van der Waals surface area contributed by atoms with Crippen molar-refractivity contribution < 1.29 is 24.1 Å². The standard InChI is InChI=1S/C33H42FNO4/c1-7-21(2)30-17-25(14-15-29(30)32(37)38)28-11-9-8-10-27(28)23(4)39-20-26(36)19-35-33(5,6)18-24-13-12-22(3)31(34)16-24/h8-17,21,23,26,35-36H,7,18-20H2,1-6H3,(H,37,38)/t21?,23?,26-/m0/s1. The van der Waals surface area contributed by atoms with Gasteiger partial charge in [0.15, 0.2) is 0 Å². The summed E-state index contributed by atoms with van der Waals surface area (Å²) < 4.78 is 20.0. The molecule has 0 radical (unpaired) electrons. The van der Waals surface area contributed by atoms with E-state index in [1.807, 2.05) is 70.2 Å². The van der Waals surface area contributed by atoms with Gasteiger partial charge in [0.25, 0.3) is 0 Å². The summed E-state index contributed by atoms with van der Waals surface area (Å²) in [5.41, 5.74) is 5.24. The maximum atomic E-state index is 13.9. The molecule has 39 heavy (non-hydrogen) atoms. The van der Waals surface area contributed by atoms with Crippen molar-refractivity contribution in [2.75, 3.05) is 13.2 Å². The molecule has 0 spiro atoms. The highest BCUT2D eigenvalue weighted by Gasteiger charge is 2.22. The quantitative estimate of drug-likeness (QED) is 0.218. The van der Waals surface area contributed by atoms with E-state index in [0.29, 0.717) is 24.1 Å². The summed E-state index contributed by atoms with van der Waals surface area (Å²) in [5.74, 6) is -1.01. The van der Waals surface area contributed by atoms with Crippen LogP contribution in [0.1, 0.15) is 85.7 Å². The largest absolute Gasteiger partial charge is 0.478 e. The van der Waals surface area contributed by atoms with E-state index in [4.69, 9.17) is 4.74 Å². The van der Waals surface area contributed by atoms with Crippen LogP contribution >= 0.6 is 0 Å². The lowest BCUT2D eigenvalue weighted by molar-refractivity contribution is -0.00397. The molecule has 3 atom stereocenters. The molecular weight excluding hydrogens is 493 g/mol. The number of nitrogens with one attached hydrogen (secondary N) is 1. The number of aromatic carboxylic acids is 1. The number of aliphatic hydroxyl groups excluding tert-OH is 1. The van der Waals surface area contributed by atoms with Crippen LogP contribution in [0.15, 0.2) is 60.7 Å². The summed E-state index contributed by atoms with van der Waals surface area (Å²) in [5, 5.41) is 23.7. The summed E-state index contributed by atoms with van der Waals surface area (Å²) in [7, 11) is 0. The van der Waals surface area contributed by atoms with E-state index in [2.05, 4.69) is 12.2 Å². The Labute approximate surface area is 232 Å². The Kier molecular flexibility index (Phi) is 10.4. The Morgan fingerprint density at radius 1 is 1.05 bits per heavy atom. The first-order valence-corrected chi connectivity index (χ1v) is 13.7. The van der Waals surface area contributed by atoms with Gasteiger partial charge in [0.2, 0.25) is 0 Å². The van der Waals surface area contributed by atoms with Gasteiger partial charge in [-0.25, -0.2) is 9.18 Å². The van der Waals surface area contributed by atoms with Crippen LogP contribution < -0.4 is 5.32 Å². The van der Waals surface area contributed by atoms with Crippen molar-refractivity contribution in [3.05, 3.63) is 94.3 Å². The third-order valence-electron chi connectivity index (χ3n) is 7.37. The van der Waals surface area contributed by atoms with E-state index in [0.717, 1.165) is 34.2 Å². The summed E-state index contributed by atoms with van der Waals surface area (Å²) in [6, 6.07) is 18.7. The van der Waals surface area contributed by atoms with E-state index in [1.54, 1.807) is 25.1 Å². The van der Waals surface area contributed by atoms with E-state index < -0.39 is 12.1 Å². The molecule has 3 aromatic rings. The summed E-state index contributed by atoms with van der Waals surface area (Å²) in [6.07, 6.45) is 0.460. The highest BCUT2D eigenvalue weighted by atomic mass is 19.1. The molecular formula is C33H42FNO4.